The lowest BCUT2D eigenvalue weighted by Crippen LogP contribution is -2.37. The first kappa shape index (κ1) is 11.1. The summed E-state index contributed by atoms with van der Waals surface area (Å²) >= 11 is 0. The molecule has 0 aromatic carbocycles. The Balaban J connectivity index is 2.20. The first-order chi connectivity index (χ1) is 7.61. The van der Waals surface area contributed by atoms with E-state index in [1.165, 1.54) is 6.07 Å². The minimum atomic E-state index is -0.0936. The Morgan fingerprint density at radius 3 is 3.06 bits per heavy atom. The maximum Gasteiger partial charge on any atom is 0.252 e. The van der Waals surface area contributed by atoms with Gasteiger partial charge in [0.15, 0.2) is 0 Å². The Bertz CT molecular complexity index is 420. The molecule has 0 spiro atoms. The van der Waals surface area contributed by atoms with Gasteiger partial charge in [0.1, 0.15) is 11.6 Å². The molecule has 1 fully saturated rings. The highest BCUT2D eigenvalue weighted by molar-refractivity contribution is 5.37. The fourth-order valence-corrected chi connectivity index (χ4v) is 1.97. The van der Waals surface area contributed by atoms with Crippen molar-refractivity contribution in [2.24, 2.45) is 0 Å². The highest BCUT2D eigenvalue weighted by atomic mass is 16.1. The molecule has 0 aliphatic carbocycles. The van der Waals surface area contributed by atoms with Gasteiger partial charge in [-0.1, -0.05) is 6.92 Å². The first-order valence-electron chi connectivity index (χ1n) is 5.70. The SMILES string of the molecule is CCc1nc(NC2(C)CCNC2)cc(=O)[nH]1. The van der Waals surface area contributed by atoms with Gasteiger partial charge in [-0.25, -0.2) is 4.98 Å². The van der Waals surface area contributed by atoms with Crippen molar-refractivity contribution in [2.45, 2.75) is 32.2 Å². The second kappa shape index (κ2) is 4.25. The average molecular weight is 222 g/mol. The van der Waals surface area contributed by atoms with Crippen LogP contribution >= 0.6 is 0 Å². The van der Waals surface area contributed by atoms with Crippen LogP contribution in [0.25, 0.3) is 0 Å². The van der Waals surface area contributed by atoms with Crippen LogP contribution in [0.15, 0.2) is 10.9 Å². The lowest BCUT2D eigenvalue weighted by Gasteiger charge is -2.25. The first-order valence-corrected chi connectivity index (χ1v) is 5.70. The number of aromatic amines is 1. The minimum absolute atomic E-state index is 0.00576. The molecule has 2 rings (SSSR count). The summed E-state index contributed by atoms with van der Waals surface area (Å²) in [5.41, 5.74) is -0.0878. The number of nitrogens with zero attached hydrogens (tertiary/aromatic N) is 1. The number of anilines is 1. The second-order valence-electron chi connectivity index (χ2n) is 4.54. The van der Waals surface area contributed by atoms with Crippen LogP contribution in [0.4, 0.5) is 5.82 Å². The van der Waals surface area contributed by atoms with Crippen LogP contribution < -0.4 is 16.2 Å². The number of aromatic nitrogens is 2. The average Bonchev–Trinajstić information content (AvgIpc) is 2.63. The molecule has 1 aromatic rings. The lowest BCUT2D eigenvalue weighted by molar-refractivity contribution is 0.563. The summed E-state index contributed by atoms with van der Waals surface area (Å²) in [5.74, 6) is 1.40. The van der Waals surface area contributed by atoms with E-state index in [1.807, 2.05) is 6.92 Å². The van der Waals surface area contributed by atoms with E-state index in [0.29, 0.717) is 5.82 Å². The topological polar surface area (TPSA) is 69.8 Å². The van der Waals surface area contributed by atoms with E-state index < -0.39 is 0 Å². The van der Waals surface area contributed by atoms with Crippen LogP contribution in [0, 0.1) is 0 Å². The van der Waals surface area contributed by atoms with Crippen LogP contribution in [-0.2, 0) is 6.42 Å². The molecule has 1 atom stereocenters. The molecule has 2 heterocycles. The molecule has 3 N–H and O–H groups in total. The van der Waals surface area contributed by atoms with Crippen LogP contribution in [0.5, 0.6) is 0 Å². The maximum absolute atomic E-state index is 11.4. The van der Waals surface area contributed by atoms with Gasteiger partial charge in [0, 0.05) is 24.6 Å². The molecule has 88 valence electrons. The van der Waals surface area contributed by atoms with Crippen molar-refractivity contribution in [1.29, 1.82) is 0 Å². The van der Waals surface area contributed by atoms with Gasteiger partial charge in [0.25, 0.3) is 5.56 Å². The fraction of sp³-hybridized carbons (Fsp3) is 0.636. The van der Waals surface area contributed by atoms with Gasteiger partial charge in [-0.05, 0) is 19.9 Å². The van der Waals surface area contributed by atoms with Gasteiger partial charge in [-0.2, -0.15) is 0 Å². The maximum atomic E-state index is 11.4. The Kier molecular flexibility index (Phi) is 2.96. The predicted molar refractivity (Wildman–Crippen MR) is 63.8 cm³/mol. The van der Waals surface area contributed by atoms with E-state index >= 15 is 0 Å². The van der Waals surface area contributed by atoms with Crippen molar-refractivity contribution >= 4 is 5.82 Å². The van der Waals surface area contributed by atoms with Gasteiger partial charge < -0.3 is 15.6 Å². The Hall–Kier alpha value is -1.36. The van der Waals surface area contributed by atoms with Crippen molar-refractivity contribution in [3.63, 3.8) is 0 Å². The van der Waals surface area contributed by atoms with Crippen molar-refractivity contribution in [2.75, 3.05) is 18.4 Å². The molecule has 0 saturated carbocycles. The van der Waals surface area contributed by atoms with E-state index in [-0.39, 0.29) is 11.1 Å². The third-order valence-corrected chi connectivity index (χ3v) is 2.92. The molecule has 0 bridgehead atoms. The van der Waals surface area contributed by atoms with Crippen LogP contribution in [-0.4, -0.2) is 28.6 Å². The van der Waals surface area contributed by atoms with E-state index in [1.54, 1.807) is 0 Å². The predicted octanol–water partition coefficient (Wildman–Crippen LogP) is 0.496. The van der Waals surface area contributed by atoms with Crippen molar-refractivity contribution in [3.8, 4) is 0 Å². The summed E-state index contributed by atoms with van der Waals surface area (Å²) in [6.45, 7) is 6.03. The molecular weight excluding hydrogens is 204 g/mol. The number of nitrogens with one attached hydrogen (secondary N) is 3. The molecule has 0 amide bonds. The highest BCUT2D eigenvalue weighted by Gasteiger charge is 2.28. The standard InChI is InChI=1S/C11H18N4O/c1-3-8-13-9(6-10(16)14-8)15-11(2)4-5-12-7-11/h6,12H,3-5,7H2,1-2H3,(H2,13,14,15,16). The van der Waals surface area contributed by atoms with Crippen LogP contribution in [0.3, 0.4) is 0 Å². The summed E-state index contributed by atoms with van der Waals surface area (Å²) in [5, 5.41) is 6.64. The number of rotatable bonds is 3. The second-order valence-corrected chi connectivity index (χ2v) is 4.54. The molecule has 1 aliphatic rings. The molecule has 0 radical (unpaired) electrons. The zero-order valence-corrected chi connectivity index (χ0v) is 9.76. The third-order valence-electron chi connectivity index (χ3n) is 2.92. The van der Waals surface area contributed by atoms with E-state index in [4.69, 9.17) is 0 Å². The highest BCUT2D eigenvalue weighted by Crippen LogP contribution is 2.18. The molecule has 1 aliphatic heterocycles. The summed E-state index contributed by atoms with van der Waals surface area (Å²) in [6, 6.07) is 1.52. The van der Waals surface area contributed by atoms with Gasteiger partial charge in [0.05, 0.1) is 0 Å². The van der Waals surface area contributed by atoms with Gasteiger partial charge in [-0.3, -0.25) is 4.79 Å². The minimum Gasteiger partial charge on any atom is -0.363 e. The molecule has 1 unspecified atom stereocenters. The smallest absolute Gasteiger partial charge is 0.252 e. The Morgan fingerprint density at radius 1 is 1.62 bits per heavy atom. The summed E-state index contributed by atoms with van der Waals surface area (Å²) < 4.78 is 0. The number of H-pyrrole nitrogens is 1. The molecular formula is C11H18N4O. The lowest BCUT2D eigenvalue weighted by atomic mass is 10.0. The Labute approximate surface area is 94.7 Å². The Morgan fingerprint density at radius 2 is 2.44 bits per heavy atom. The van der Waals surface area contributed by atoms with Crippen LogP contribution in [0.2, 0.25) is 0 Å². The van der Waals surface area contributed by atoms with E-state index in [0.717, 1.165) is 31.8 Å². The number of hydrogen-bond acceptors (Lipinski definition) is 4. The molecule has 1 aromatic heterocycles. The summed E-state index contributed by atoms with van der Waals surface area (Å²) in [7, 11) is 0. The fourth-order valence-electron chi connectivity index (χ4n) is 1.97. The molecule has 1 saturated heterocycles. The van der Waals surface area contributed by atoms with E-state index in [9.17, 15) is 4.79 Å². The normalized spacial score (nSPS) is 24.6. The number of aryl methyl sites for hydroxylation is 1. The molecule has 5 heteroatoms. The monoisotopic (exact) mass is 222 g/mol. The van der Waals surface area contributed by atoms with Crippen molar-refractivity contribution in [1.82, 2.24) is 15.3 Å². The van der Waals surface area contributed by atoms with E-state index in [2.05, 4.69) is 27.5 Å². The summed E-state index contributed by atoms with van der Waals surface area (Å²) in [4.78, 5) is 18.5. The zero-order chi connectivity index (χ0) is 11.6. The van der Waals surface area contributed by atoms with Crippen molar-refractivity contribution in [3.05, 3.63) is 22.2 Å². The van der Waals surface area contributed by atoms with Crippen LogP contribution in [0.1, 0.15) is 26.1 Å². The quantitative estimate of drug-likeness (QED) is 0.696. The summed E-state index contributed by atoms with van der Waals surface area (Å²) in [6.07, 6.45) is 1.78. The zero-order valence-electron chi connectivity index (χ0n) is 9.76. The van der Waals surface area contributed by atoms with Gasteiger partial charge in [-0.15, -0.1) is 0 Å². The van der Waals surface area contributed by atoms with Gasteiger partial charge >= 0.3 is 0 Å². The molecule has 16 heavy (non-hydrogen) atoms. The third kappa shape index (κ3) is 2.41. The molecule has 5 nitrogen and oxygen atoms in total. The van der Waals surface area contributed by atoms with Crippen molar-refractivity contribution < 1.29 is 0 Å². The largest absolute Gasteiger partial charge is 0.363 e. The number of hydrogen-bond donors (Lipinski definition) is 3. The van der Waals surface area contributed by atoms with Gasteiger partial charge in [0.2, 0.25) is 0 Å².